The van der Waals surface area contributed by atoms with Gasteiger partial charge in [-0.15, -0.1) is 0 Å². The molecule has 0 spiro atoms. The first kappa shape index (κ1) is 27.3. The summed E-state index contributed by atoms with van der Waals surface area (Å²) in [6.45, 7) is 7.32. The average Bonchev–Trinajstić information content (AvgIpc) is 2.77. The number of unbranched alkanes of at least 4 members (excludes halogenated alkanes) is 1. The number of hydrogen-bond donors (Lipinski definition) is 3. The van der Waals surface area contributed by atoms with E-state index in [0.29, 0.717) is 29.1 Å². The molecule has 2 aromatic carbocycles. The van der Waals surface area contributed by atoms with Crippen LogP contribution in [-0.2, 0) is 10.2 Å². The molecule has 0 aliphatic carbocycles. The largest absolute Gasteiger partial charge is 0.494 e. The van der Waals surface area contributed by atoms with Crippen LogP contribution < -0.4 is 20.7 Å². The molecule has 0 atom stereocenters. The zero-order valence-corrected chi connectivity index (χ0v) is 21.8. The number of methoxy groups -OCH3 is 1. The van der Waals surface area contributed by atoms with Crippen molar-refractivity contribution >= 4 is 40.5 Å². The number of ether oxygens (including phenoxy) is 1. The van der Waals surface area contributed by atoms with Crippen molar-refractivity contribution in [2.75, 3.05) is 38.4 Å². The van der Waals surface area contributed by atoms with Crippen LogP contribution in [0.3, 0.4) is 0 Å². The minimum absolute atomic E-state index is 0.0165. The van der Waals surface area contributed by atoms with Gasteiger partial charge >= 0.3 is 0 Å². The van der Waals surface area contributed by atoms with Crippen molar-refractivity contribution < 1.29 is 14.3 Å². The Hall–Kier alpha value is -2.97. The molecule has 0 unspecified atom stereocenters. The average molecular weight is 485 g/mol. The minimum atomic E-state index is -0.289. The Balaban J connectivity index is 1.93. The molecule has 3 N–H and O–H groups in total. The van der Waals surface area contributed by atoms with Crippen LogP contribution in [-0.4, -0.2) is 49.6 Å². The van der Waals surface area contributed by atoms with E-state index in [1.807, 2.05) is 26.2 Å². The lowest BCUT2D eigenvalue weighted by atomic mass is 9.87. The van der Waals surface area contributed by atoms with Crippen molar-refractivity contribution in [1.29, 1.82) is 0 Å². The first-order valence-corrected chi connectivity index (χ1v) is 11.8. The molecular weight excluding hydrogens is 448 g/mol. The van der Waals surface area contributed by atoms with Crippen LogP contribution in [0.4, 0.5) is 11.4 Å². The van der Waals surface area contributed by atoms with E-state index in [9.17, 15) is 9.59 Å². The summed E-state index contributed by atoms with van der Waals surface area (Å²) in [4.78, 5) is 26.9. The van der Waals surface area contributed by atoms with E-state index in [-0.39, 0.29) is 22.3 Å². The molecule has 0 aromatic heterocycles. The van der Waals surface area contributed by atoms with E-state index in [2.05, 4.69) is 41.6 Å². The fraction of sp³-hybridized carbons (Fsp3) is 0.423. The van der Waals surface area contributed by atoms with Crippen molar-refractivity contribution in [2.24, 2.45) is 0 Å². The SMILES string of the molecule is COc1cc(NC(=S)NC(=O)c2ccc(C(C)(C)C)cc2)ccc1NC(=O)CCCCN(C)C. The highest BCUT2D eigenvalue weighted by Gasteiger charge is 2.15. The maximum Gasteiger partial charge on any atom is 0.257 e. The van der Waals surface area contributed by atoms with Gasteiger partial charge in [-0.05, 0) is 80.9 Å². The highest BCUT2D eigenvalue weighted by Crippen LogP contribution is 2.28. The molecule has 2 rings (SSSR count). The lowest BCUT2D eigenvalue weighted by Crippen LogP contribution is -2.34. The number of amides is 2. The number of carbonyl (C=O) groups excluding carboxylic acids is 2. The van der Waals surface area contributed by atoms with Gasteiger partial charge in [0.15, 0.2) is 5.11 Å². The van der Waals surface area contributed by atoms with Crippen LogP contribution in [0.1, 0.15) is 56.0 Å². The summed E-state index contributed by atoms with van der Waals surface area (Å²) >= 11 is 5.30. The monoisotopic (exact) mass is 484 g/mol. The lowest BCUT2D eigenvalue weighted by molar-refractivity contribution is -0.116. The van der Waals surface area contributed by atoms with E-state index in [4.69, 9.17) is 17.0 Å². The maximum atomic E-state index is 12.5. The number of nitrogens with one attached hydrogen (secondary N) is 3. The molecule has 8 heteroatoms. The summed E-state index contributed by atoms with van der Waals surface area (Å²) in [7, 11) is 5.57. The Morgan fingerprint density at radius 3 is 2.26 bits per heavy atom. The molecule has 184 valence electrons. The number of carbonyl (C=O) groups is 2. The number of hydrogen-bond acceptors (Lipinski definition) is 5. The van der Waals surface area contributed by atoms with Crippen LogP contribution >= 0.6 is 12.2 Å². The summed E-state index contributed by atoms with van der Waals surface area (Å²) < 4.78 is 5.42. The lowest BCUT2D eigenvalue weighted by Gasteiger charge is -2.19. The van der Waals surface area contributed by atoms with Gasteiger partial charge in [0.05, 0.1) is 12.8 Å². The second-order valence-corrected chi connectivity index (χ2v) is 9.87. The Kier molecular flexibility index (Phi) is 10.0. The van der Waals surface area contributed by atoms with Crippen LogP contribution in [0.2, 0.25) is 0 Å². The van der Waals surface area contributed by atoms with Crippen LogP contribution in [0, 0.1) is 0 Å². The Morgan fingerprint density at radius 1 is 1.00 bits per heavy atom. The molecule has 2 aromatic rings. The Morgan fingerprint density at radius 2 is 1.68 bits per heavy atom. The number of thiocarbonyl (C=S) groups is 1. The maximum absolute atomic E-state index is 12.5. The molecule has 0 bridgehead atoms. The summed E-state index contributed by atoms with van der Waals surface area (Å²) in [6.07, 6.45) is 2.23. The van der Waals surface area contributed by atoms with Gasteiger partial charge < -0.3 is 20.3 Å². The number of nitrogens with zero attached hydrogens (tertiary/aromatic N) is 1. The van der Waals surface area contributed by atoms with Gasteiger partial charge in [-0.25, -0.2) is 0 Å². The molecule has 2 amide bonds. The standard InChI is InChI=1S/C26H36N4O3S/c1-26(2,3)19-12-10-18(11-13-19)24(32)29-25(34)27-20-14-15-21(22(17-20)33-6)28-23(31)9-7-8-16-30(4)5/h10-15,17H,7-9,16H2,1-6H3,(H,28,31)(H2,27,29,32,34). The van der Waals surface area contributed by atoms with E-state index in [0.717, 1.165) is 24.9 Å². The molecule has 0 aliphatic heterocycles. The second kappa shape index (κ2) is 12.5. The smallest absolute Gasteiger partial charge is 0.257 e. The van der Waals surface area contributed by atoms with Gasteiger partial charge in [-0.2, -0.15) is 0 Å². The van der Waals surface area contributed by atoms with Gasteiger partial charge in [-0.1, -0.05) is 32.9 Å². The first-order chi connectivity index (χ1) is 16.0. The first-order valence-electron chi connectivity index (χ1n) is 11.3. The van der Waals surface area contributed by atoms with Gasteiger partial charge in [-0.3, -0.25) is 14.9 Å². The highest BCUT2D eigenvalue weighted by atomic mass is 32.1. The van der Waals surface area contributed by atoms with E-state index >= 15 is 0 Å². The molecule has 0 heterocycles. The third kappa shape index (κ3) is 8.76. The zero-order valence-electron chi connectivity index (χ0n) is 21.0. The molecule has 0 radical (unpaired) electrons. The third-order valence-corrected chi connectivity index (χ3v) is 5.44. The van der Waals surface area contributed by atoms with Crippen LogP contribution in [0.15, 0.2) is 42.5 Å². The van der Waals surface area contributed by atoms with E-state index < -0.39 is 0 Å². The molecule has 7 nitrogen and oxygen atoms in total. The third-order valence-electron chi connectivity index (χ3n) is 5.23. The Labute approximate surface area is 208 Å². The number of anilines is 2. The number of rotatable bonds is 9. The quantitative estimate of drug-likeness (QED) is 0.351. The van der Waals surface area contributed by atoms with Gasteiger partial charge in [0, 0.05) is 23.7 Å². The molecule has 0 saturated heterocycles. The molecule has 0 aliphatic rings. The van der Waals surface area contributed by atoms with E-state index in [1.54, 1.807) is 30.3 Å². The highest BCUT2D eigenvalue weighted by molar-refractivity contribution is 7.80. The summed E-state index contributed by atoms with van der Waals surface area (Å²) in [6, 6.07) is 12.7. The molecule has 0 saturated carbocycles. The predicted molar refractivity (Wildman–Crippen MR) is 143 cm³/mol. The minimum Gasteiger partial charge on any atom is -0.494 e. The second-order valence-electron chi connectivity index (χ2n) is 9.46. The van der Waals surface area contributed by atoms with Crippen molar-refractivity contribution in [3.05, 3.63) is 53.6 Å². The summed E-state index contributed by atoms with van der Waals surface area (Å²) in [5, 5.41) is 8.74. The van der Waals surface area contributed by atoms with Crippen molar-refractivity contribution in [3.63, 3.8) is 0 Å². The molecular formula is C26H36N4O3S. The normalized spacial score (nSPS) is 11.1. The fourth-order valence-electron chi connectivity index (χ4n) is 3.26. The molecule has 34 heavy (non-hydrogen) atoms. The topological polar surface area (TPSA) is 82.7 Å². The predicted octanol–water partition coefficient (Wildman–Crippen LogP) is 4.79. The summed E-state index contributed by atoms with van der Waals surface area (Å²) in [5.41, 5.74) is 2.91. The van der Waals surface area contributed by atoms with Gasteiger partial charge in [0.1, 0.15) is 5.75 Å². The fourth-order valence-corrected chi connectivity index (χ4v) is 3.47. The number of benzene rings is 2. The van der Waals surface area contributed by atoms with Crippen LogP contribution in [0.5, 0.6) is 5.75 Å². The van der Waals surface area contributed by atoms with Crippen molar-refractivity contribution in [1.82, 2.24) is 10.2 Å². The van der Waals surface area contributed by atoms with Gasteiger partial charge in [0.25, 0.3) is 5.91 Å². The van der Waals surface area contributed by atoms with Gasteiger partial charge in [0.2, 0.25) is 5.91 Å². The van der Waals surface area contributed by atoms with Crippen molar-refractivity contribution in [2.45, 2.75) is 45.4 Å². The molecule has 0 fully saturated rings. The zero-order chi connectivity index (χ0) is 25.3. The van der Waals surface area contributed by atoms with Crippen molar-refractivity contribution in [3.8, 4) is 5.75 Å². The van der Waals surface area contributed by atoms with E-state index in [1.165, 1.54) is 7.11 Å². The van der Waals surface area contributed by atoms with Crippen LogP contribution in [0.25, 0.3) is 0 Å². The Bertz CT molecular complexity index is 998. The summed E-state index contributed by atoms with van der Waals surface area (Å²) in [5.74, 6) is 0.152.